The second-order valence-corrected chi connectivity index (χ2v) is 6.94. The number of hydrogen-bond acceptors (Lipinski definition) is 3. The Bertz CT molecular complexity index is 321. The molecule has 1 fully saturated rings. The SMILES string of the molecule is CC(C)(C)NCC1CCCCN1S(N)(=O)=O. The molecule has 16 heavy (non-hydrogen) atoms. The fourth-order valence-electron chi connectivity index (χ4n) is 1.94. The molecule has 0 aromatic rings. The standard InChI is InChI=1S/C10H23N3O2S/c1-10(2,3)12-8-9-6-4-5-7-13(9)16(11,14)15/h9,12H,4-8H2,1-3H3,(H2,11,14,15). The lowest BCUT2D eigenvalue weighted by Crippen LogP contribution is -2.53. The molecule has 0 aliphatic carbocycles. The van der Waals surface area contributed by atoms with E-state index in [9.17, 15) is 8.42 Å². The van der Waals surface area contributed by atoms with Crippen LogP contribution in [0.5, 0.6) is 0 Å². The number of nitrogens with two attached hydrogens (primary N) is 1. The minimum absolute atomic E-state index is 0.00147. The zero-order valence-corrected chi connectivity index (χ0v) is 11.2. The van der Waals surface area contributed by atoms with Crippen molar-refractivity contribution in [3.8, 4) is 0 Å². The van der Waals surface area contributed by atoms with E-state index in [1.54, 1.807) is 0 Å². The first-order valence-electron chi connectivity index (χ1n) is 5.75. The van der Waals surface area contributed by atoms with Crippen LogP contribution in [0, 0.1) is 0 Å². The third-order valence-electron chi connectivity index (χ3n) is 2.77. The van der Waals surface area contributed by atoms with Gasteiger partial charge in [0.05, 0.1) is 0 Å². The van der Waals surface area contributed by atoms with Gasteiger partial charge in [0.25, 0.3) is 10.2 Å². The number of nitrogens with zero attached hydrogens (tertiary/aromatic N) is 1. The van der Waals surface area contributed by atoms with Gasteiger partial charge in [-0.2, -0.15) is 12.7 Å². The highest BCUT2D eigenvalue weighted by atomic mass is 32.2. The van der Waals surface area contributed by atoms with Crippen molar-refractivity contribution in [1.82, 2.24) is 9.62 Å². The quantitative estimate of drug-likeness (QED) is 0.762. The number of nitrogens with one attached hydrogen (secondary N) is 1. The molecule has 5 nitrogen and oxygen atoms in total. The van der Waals surface area contributed by atoms with Gasteiger partial charge < -0.3 is 5.32 Å². The summed E-state index contributed by atoms with van der Waals surface area (Å²) >= 11 is 0. The molecule has 0 radical (unpaired) electrons. The Kier molecular flexibility index (Phi) is 4.34. The third kappa shape index (κ3) is 4.37. The van der Waals surface area contributed by atoms with Crippen molar-refractivity contribution in [2.24, 2.45) is 5.14 Å². The topological polar surface area (TPSA) is 75.4 Å². The summed E-state index contributed by atoms with van der Waals surface area (Å²) in [5, 5.41) is 8.54. The molecule has 96 valence electrons. The van der Waals surface area contributed by atoms with Crippen molar-refractivity contribution in [2.45, 2.75) is 51.6 Å². The van der Waals surface area contributed by atoms with Crippen molar-refractivity contribution in [3.63, 3.8) is 0 Å². The van der Waals surface area contributed by atoms with Crippen LogP contribution in [0.2, 0.25) is 0 Å². The molecular formula is C10H23N3O2S. The average Bonchev–Trinajstić information content (AvgIpc) is 2.12. The normalized spacial score (nSPS) is 24.6. The summed E-state index contributed by atoms with van der Waals surface area (Å²) in [6.45, 7) is 7.42. The van der Waals surface area contributed by atoms with Crippen LogP contribution >= 0.6 is 0 Å². The fourth-order valence-corrected chi connectivity index (χ4v) is 2.92. The van der Waals surface area contributed by atoms with E-state index < -0.39 is 10.2 Å². The molecule has 1 atom stereocenters. The maximum absolute atomic E-state index is 11.4. The van der Waals surface area contributed by atoms with Crippen molar-refractivity contribution in [2.75, 3.05) is 13.1 Å². The Labute approximate surface area is 98.6 Å². The zero-order chi connectivity index (χ0) is 12.4. The number of rotatable bonds is 3. The molecule has 0 spiro atoms. The summed E-state index contributed by atoms with van der Waals surface area (Å²) in [6.07, 6.45) is 2.87. The first-order chi connectivity index (χ1) is 7.20. The Morgan fingerprint density at radius 2 is 2.00 bits per heavy atom. The van der Waals surface area contributed by atoms with E-state index in [0.717, 1.165) is 19.3 Å². The largest absolute Gasteiger partial charge is 0.310 e. The van der Waals surface area contributed by atoms with Gasteiger partial charge in [0, 0.05) is 24.7 Å². The smallest absolute Gasteiger partial charge is 0.277 e. The van der Waals surface area contributed by atoms with Gasteiger partial charge in [0.15, 0.2) is 0 Å². The maximum atomic E-state index is 11.4. The minimum atomic E-state index is -3.55. The van der Waals surface area contributed by atoms with Crippen molar-refractivity contribution >= 4 is 10.2 Å². The van der Waals surface area contributed by atoms with Crippen LogP contribution in [-0.4, -0.2) is 37.4 Å². The van der Waals surface area contributed by atoms with Crippen LogP contribution in [0.1, 0.15) is 40.0 Å². The molecule has 1 aliphatic heterocycles. The molecule has 1 rings (SSSR count). The van der Waals surface area contributed by atoms with Gasteiger partial charge in [-0.1, -0.05) is 6.42 Å². The first kappa shape index (κ1) is 13.9. The molecule has 1 unspecified atom stereocenters. The molecule has 0 aromatic carbocycles. The van der Waals surface area contributed by atoms with Gasteiger partial charge in [0.2, 0.25) is 0 Å². The van der Waals surface area contributed by atoms with E-state index in [2.05, 4.69) is 26.1 Å². The molecule has 1 aliphatic rings. The summed E-state index contributed by atoms with van der Waals surface area (Å²) in [5.41, 5.74) is 0.00147. The molecule has 0 amide bonds. The maximum Gasteiger partial charge on any atom is 0.277 e. The molecule has 1 saturated heterocycles. The molecule has 0 saturated carbocycles. The van der Waals surface area contributed by atoms with Gasteiger partial charge in [0.1, 0.15) is 0 Å². The van der Waals surface area contributed by atoms with E-state index in [1.807, 2.05) is 0 Å². The van der Waals surface area contributed by atoms with Crippen LogP contribution in [0.25, 0.3) is 0 Å². The number of hydrogen-bond donors (Lipinski definition) is 2. The summed E-state index contributed by atoms with van der Waals surface area (Å²) in [6, 6.07) is 0.00275. The van der Waals surface area contributed by atoms with E-state index in [1.165, 1.54) is 4.31 Å². The second kappa shape index (κ2) is 5.00. The highest BCUT2D eigenvalue weighted by molar-refractivity contribution is 7.86. The average molecular weight is 249 g/mol. The van der Waals surface area contributed by atoms with Crippen LogP contribution in [0.15, 0.2) is 0 Å². The van der Waals surface area contributed by atoms with Crippen LogP contribution in [0.3, 0.4) is 0 Å². The molecule has 0 bridgehead atoms. The van der Waals surface area contributed by atoms with Crippen LogP contribution in [-0.2, 0) is 10.2 Å². The van der Waals surface area contributed by atoms with Crippen molar-refractivity contribution in [3.05, 3.63) is 0 Å². The molecule has 1 heterocycles. The molecule has 6 heteroatoms. The van der Waals surface area contributed by atoms with Crippen molar-refractivity contribution in [1.29, 1.82) is 0 Å². The summed E-state index contributed by atoms with van der Waals surface area (Å²) in [4.78, 5) is 0. The van der Waals surface area contributed by atoms with E-state index in [4.69, 9.17) is 5.14 Å². The first-order valence-corrected chi connectivity index (χ1v) is 7.25. The van der Waals surface area contributed by atoms with E-state index in [0.29, 0.717) is 13.1 Å². The van der Waals surface area contributed by atoms with E-state index in [-0.39, 0.29) is 11.6 Å². The Morgan fingerprint density at radius 1 is 1.38 bits per heavy atom. The van der Waals surface area contributed by atoms with Gasteiger partial charge in [-0.15, -0.1) is 0 Å². The van der Waals surface area contributed by atoms with Crippen molar-refractivity contribution < 1.29 is 8.42 Å². The summed E-state index contributed by atoms with van der Waals surface area (Å²) in [5.74, 6) is 0. The number of piperidine rings is 1. The summed E-state index contributed by atoms with van der Waals surface area (Å²) < 4.78 is 24.2. The lowest BCUT2D eigenvalue weighted by atomic mass is 10.0. The zero-order valence-electron chi connectivity index (χ0n) is 10.4. The van der Waals surface area contributed by atoms with Crippen LogP contribution < -0.4 is 10.5 Å². The van der Waals surface area contributed by atoms with Gasteiger partial charge in [-0.3, -0.25) is 0 Å². The highest BCUT2D eigenvalue weighted by Crippen LogP contribution is 2.18. The lowest BCUT2D eigenvalue weighted by molar-refractivity contribution is 0.231. The fraction of sp³-hybridized carbons (Fsp3) is 1.00. The van der Waals surface area contributed by atoms with Gasteiger partial charge in [-0.05, 0) is 33.6 Å². The monoisotopic (exact) mass is 249 g/mol. The van der Waals surface area contributed by atoms with Crippen LogP contribution in [0.4, 0.5) is 0 Å². The third-order valence-corrected chi connectivity index (χ3v) is 3.90. The Balaban J connectivity index is 2.62. The lowest BCUT2D eigenvalue weighted by Gasteiger charge is -2.35. The second-order valence-electron chi connectivity index (χ2n) is 5.44. The molecule has 0 aromatic heterocycles. The van der Waals surface area contributed by atoms with Gasteiger partial charge in [-0.25, -0.2) is 5.14 Å². The minimum Gasteiger partial charge on any atom is -0.310 e. The Hall–Kier alpha value is -0.170. The summed E-state index contributed by atoms with van der Waals surface area (Å²) in [7, 11) is -3.55. The Morgan fingerprint density at radius 3 is 2.50 bits per heavy atom. The predicted molar refractivity (Wildman–Crippen MR) is 65.2 cm³/mol. The molecule has 3 N–H and O–H groups in total. The van der Waals surface area contributed by atoms with Gasteiger partial charge >= 0.3 is 0 Å². The predicted octanol–water partition coefficient (Wildman–Crippen LogP) is 0.433. The molecular weight excluding hydrogens is 226 g/mol. The van der Waals surface area contributed by atoms with E-state index >= 15 is 0 Å². The highest BCUT2D eigenvalue weighted by Gasteiger charge is 2.30.